The van der Waals surface area contributed by atoms with Gasteiger partial charge >= 0.3 is 12.4 Å². The predicted molar refractivity (Wildman–Crippen MR) is 135 cm³/mol. The molecule has 0 radical (unpaired) electrons. The number of rotatable bonds is 2. The smallest absolute Gasteiger partial charge is 0.307 e. The molecule has 1 fully saturated rings. The lowest BCUT2D eigenvalue weighted by atomic mass is 9.79. The number of benzene rings is 2. The van der Waals surface area contributed by atoms with Crippen molar-refractivity contribution in [2.24, 2.45) is 9.98 Å². The highest BCUT2D eigenvalue weighted by molar-refractivity contribution is 14.0. The molecular formula is C23H22F6IN3S. The van der Waals surface area contributed by atoms with E-state index in [1.54, 1.807) is 17.2 Å². The number of hydrogen-bond acceptors (Lipinski definition) is 3. The SMILES string of the molecule is CSC1=NC(=Nc2cccc(C(F)(F)F)c2)C2(CCCCC2)N1c1cccc(C(F)(F)F)c1.I. The summed E-state index contributed by atoms with van der Waals surface area (Å²) in [5.41, 5.74) is -1.94. The second kappa shape index (κ2) is 10.1. The zero-order chi connectivity index (χ0) is 23.9. The molecule has 0 aromatic heterocycles. The van der Waals surface area contributed by atoms with Gasteiger partial charge in [0.05, 0.1) is 16.8 Å². The van der Waals surface area contributed by atoms with Crippen LogP contribution in [0.3, 0.4) is 0 Å². The number of thioether (sulfide) groups is 1. The summed E-state index contributed by atoms with van der Waals surface area (Å²) in [7, 11) is 0. The minimum Gasteiger partial charge on any atom is -0.307 e. The van der Waals surface area contributed by atoms with Crippen LogP contribution in [0.5, 0.6) is 0 Å². The second-order valence-electron chi connectivity index (χ2n) is 8.06. The lowest BCUT2D eigenvalue weighted by molar-refractivity contribution is -0.138. The molecule has 2 aromatic rings. The maximum absolute atomic E-state index is 13.4. The average Bonchev–Trinajstić information content (AvgIpc) is 3.05. The van der Waals surface area contributed by atoms with Gasteiger partial charge in [-0.25, -0.2) is 9.98 Å². The lowest BCUT2D eigenvalue weighted by Crippen LogP contribution is -2.52. The van der Waals surface area contributed by atoms with Gasteiger partial charge in [-0.15, -0.1) is 24.0 Å². The van der Waals surface area contributed by atoms with Crippen molar-refractivity contribution in [2.75, 3.05) is 11.2 Å². The molecule has 0 bridgehead atoms. The van der Waals surface area contributed by atoms with Crippen molar-refractivity contribution in [3.05, 3.63) is 59.7 Å². The zero-order valence-corrected chi connectivity index (χ0v) is 21.2. The molecule has 184 valence electrons. The minimum absolute atomic E-state index is 0. The Balaban J connectivity index is 0.00000324. The minimum atomic E-state index is -4.51. The van der Waals surface area contributed by atoms with Gasteiger partial charge in [-0.3, -0.25) is 0 Å². The fraction of sp³-hybridized carbons (Fsp3) is 0.391. The number of aliphatic imine (C=N–C) groups is 2. The number of alkyl halides is 6. The second-order valence-corrected chi connectivity index (χ2v) is 8.83. The first-order chi connectivity index (χ1) is 15.5. The Kier molecular flexibility index (Phi) is 7.96. The van der Waals surface area contributed by atoms with Crippen molar-refractivity contribution in [3.63, 3.8) is 0 Å². The molecule has 1 heterocycles. The number of hydrogen-bond donors (Lipinski definition) is 0. The number of anilines is 1. The van der Waals surface area contributed by atoms with Crippen LogP contribution in [-0.2, 0) is 12.4 Å². The third kappa shape index (κ3) is 5.24. The molecule has 34 heavy (non-hydrogen) atoms. The summed E-state index contributed by atoms with van der Waals surface area (Å²) in [6, 6.07) is 9.76. The fourth-order valence-corrected chi connectivity index (χ4v) is 5.07. The highest BCUT2D eigenvalue weighted by Gasteiger charge is 2.50. The summed E-state index contributed by atoms with van der Waals surface area (Å²) >= 11 is 1.27. The molecule has 11 heteroatoms. The first-order valence-electron chi connectivity index (χ1n) is 10.4. The van der Waals surface area contributed by atoms with Crippen LogP contribution >= 0.6 is 35.7 Å². The molecule has 1 aliphatic carbocycles. The zero-order valence-electron chi connectivity index (χ0n) is 18.1. The quantitative estimate of drug-likeness (QED) is 0.252. The monoisotopic (exact) mass is 613 g/mol. The van der Waals surface area contributed by atoms with E-state index in [9.17, 15) is 26.3 Å². The standard InChI is InChI=1S/C23H21F6N3S.HI/c1-33-20-31-19(30-17-9-5-7-15(13-17)22(24,25)26)21(11-3-2-4-12-21)32(20)18-10-6-8-16(14-18)23(27,28)29;/h5-10,13-14H,2-4,11-12H2,1H3;1H. The van der Waals surface area contributed by atoms with E-state index < -0.39 is 29.0 Å². The maximum Gasteiger partial charge on any atom is 0.416 e. The average molecular weight is 613 g/mol. The summed E-state index contributed by atoms with van der Waals surface area (Å²) in [6.45, 7) is 0. The van der Waals surface area contributed by atoms with Crippen LogP contribution in [0, 0.1) is 0 Å². The van der Waals surface area contributed by atoms with Crippen LogP contribution in [0.4, 0.5) is 37.7 Å². The Hall–Kier alpha value is -1.76. The van der Waals surface area contributed by atoms with E-state index in [1.807, 2.05) is 0 Å². The van der Waals surface area contributed by atoms with E-state index in [1.165, 1.54) is 30.0 Å². The molecule has 1 saturated carbocycles. The van der Waals surface area contributed by atoms with Crippen molar-refractivity contribution in [1.82, 2.24) is 0 Å². The van der Waals surface area contributed by atoms with Crippen molar-refractivity contribution < 1.29 is 26.3 Å². The van der Waals surface area contributed by atoms with Gasteiger partial charge in [0.25, 0.3) is 0 Å². The molecule has 0 atom stereocenters. The third-order valence-electron chi connectivity index (χ3n) is 5.94. The topological polar surface area (TPSA) is 28.0 Å². The largest absolute Gasteiger partial charge is 0.416 e. The number of nitrogens with zero attached hydrogens (tertiary/aromatic N) is 3. The van der Waals surface area contributed by atoms with E-state index in [2.05, 4.69) is 9.98 Å². The van der Waals surface area contributed by atoms with Gasteiger partial charge in [0, 0.05) is 5.69 Å². The van der Waals surface area contributed by atoms with Gasteiger partial charge in [0.1, 0.15) is 5.54 Å². The Morgan fingerprint density at radius 1 is 0.882 bits per heavy atom. The molecule has 2 aromatic carbocycles. The van der Waals surface area contributed by atoms with Gasteiger partial charge in [-0.2, -0.15) is 26.3 Å². The van der Waals surface area contributed by atoms with Crippen molar-refractivity contribution in [3.8, 4) is 0 Å². The van der Waals surface area contributed by atoms with Crippen molar-refractivity contribution >= 4 is 58.1 Å². The van der Waals surface area contributed by atoms with E-state index in [-0.39, 0.29) is 29.7 Å². The molecule has 2 aliphatic rings. The van der Waals surface area contributed by atoms with E-state index in [4.69, 9.17) is 0 Å². The molecule has 3 nitrogen and oxygen atoms in total. The molecule has 1 aliphatic heterocycles. The van der Waals surface area contributed by atoms with Crippen LogP contribution in [0.2, 0.25) is 0 Å². The third-order valence-corrected chi connectivity index (χ3v) is 6.58. The van der Waals surface area contributed by atoms with E-state index in [0.717, 1.165) is 43.5 Å². The predicted octanol–water partition coefficient (Wildman–Crippen LogP) is 8.31. The van der Waals surface area contributed by atoms with Gasteiger partial charge < -0.3 is 4.90 Å². The van der Waals surface area contributed by atoms with Gasteiger partial charge in [0.15, 0.2) is 11.0 Å². The molecule has 4 rings (SSSR count). The number of halogens is 7. The Labute approximate surface area is 214 Å². The normalized spacial score (nSPS) is 19.3. The Morgan fingerprint density at radius 3 is 2.06 bits per heavy atom. The summed E-state index contributed by atoms with van der Waals surface area (Å²) < 4.78 is 79.7. The highest BCUT2D eigenvalue weighted by Crippen LogP contribution is 2.45. The molecule has 0 amide bonds. The Bertz CT molecular complexity index is 1090. The van der Waals surface area contributed by atoms with Gasteiger partial charge in [-0.05, 0) is 55.5 Å². The molecule has 0 saturated heterocycles. The molecular weight excluding hydrogens is 591 g/mol. The Morgan fingerprint density at radius 2 is 1.47 bits per heavy atom. The van der Waals surface area contributed by atoms with E-state index >= 15 is 0 Å². The van der Waals surface area contributed by atoms with Crippen LogP contribution in [0.15, 0.2) is 58.5 Å². The van der Waals surface area contributed by atoms with Crippen molar-refractivity contribution in [1.29, 1.82) is 0 Å². The van der Waals surface area contributed by atoms with Crippen LogP contribution in [0.1, 0.15) is 43.2 Å². The number of amidine groups is 2. The summed E-state index contributed by atoms with van der Waals surface area (Å²) in [6.07, 6.45) is -3.47. The van der Waals surface area contributed by atoms with Crippen molar-refractivity contribution in [2.45, 2.75) is 50.0 Å². The lowest BCUT2D eigenvalue weighted by Gasteiger charge is -2.42. The van der Waals surface area contributed by atoms with Gasteiger partial charge in [-0.1, -0.05) is 43.2 Å². The van der Waals surface area contributed by atoms with E-state index in [0.29, 0.717) is 29.5 Å². The molecule has 0 unspecified atom stereocenters. The van der Waals surface area contributed by atoms with Crippen LogP contribution in [0.25, 0.3) is 0 Å². The highest BCUT2D eigenvalue weighted by atomic mass is 127. The summed E-state index contributed by atoms with van der Waals surface area (Å²) in [5, 5.41) is 0.474. The molecule has 1 spiro atoms. The van der Waals surface area contributed by atoms with Gasteiger partial charge in [0.2, 0.25) is 0 Å². The first kappa shape index (κ1) is 26.8. The maximum atomic E-state index is 13.4. The molecule has 0 N–H and O–H groups in total. The summed E-state index contributed by atoms with van der Waals surface area (Å²) in [4.78, 5) is 10.9. The van der Waals surface area contributed by atoms with Crippen LogP contribution < -0.4 is 4.90 Å². The fourth-order valence-electron chi connectivity index (χ4n) is 4.43. The summed E-state index contributed by atoms with van der Waals surface area (Å²) in [5.74, 6) is 0.336. The van der Waals surface area contributed by atoms with Crippen LogP contribution in [-0.4, -0.2) is 22.8 Å². The first-order valence-corrected chi connectivity index (χ1v) is 11.6.